The van der Waals surface area contributed by atoms with E-state index in [1.165, 1.54) is 23.0 Å². The van der Waals surface area contributed by atoms with E-state index < -0.39 is 6.03 Å². The van der Waals surface area contributed by atoms with Crippen LogP contribution in [0.2, 0.25) is 0 Å². The number of likely N-dealkylation sites (N-methyl/N-ethyl adjacent to an activating group) is 1. The van der Waals surface area contributed by atoms with Crippen molar-refractivity contribution in [2.75, 3.05) is 13.6 Å². The van der Waals surface area contributed by atoms with Crippen LogP contribution in [0.15, 0.2) is 41.0 Å². The van der Waals surface area contributed by atoms with Gasteiger partial charge in [0.25, 0.3) is 5.91 Å². The van der Waals surface area contributed by atoms with Gasteiger partial charge in [0, 0.05) is 5.56 Å². The third-order valence-electron chi connectivity index (χ3n) is 3.71. The molecular formula is C18H24N3O3+. The summed E-state index contributed by atoms with van der Waals surface area (Å²) < 4.78 is 5.11. The van der Waals surface area contributed by atoms with Crippen LogP contribution in [0, 0.1) is 13.8 Å². The van der Waals surface area contributed by atoms with Crippen LogP contribution < -0.4 is 15.5 Å². The van der Waals surface area contributed by atoms with Gasteiger partial charge in [-0.3, -0.25) is 10.1 Å². The molecule has 0 saturated carbocycles. The van der Waals surface area contributed by atoms with E-state index in [0.29, 0.717) is 5.76 Å². The number of hydrogen-bond donors (Lipinski definition) is 3. The number of urea groups is 1. The van der Waals surface area contributed by atoms with E-state index in [-0.39, 0.29) is 19.0 Å². The minimum absolute atomic E-state index is 0.224. The summed E-state index contributed by atoms with van der Waals surface area (Å²) in [6.07, 6.45) is 1.53. The van der Waals surface area contributed by atoms with E-state index in [2.05, 4.69) is 42.7 Å². The molecule has 1 atom stereocenters. The molecule has 1 unspecified atom stereocenters. The van der Waals surface area contributed by atoms with Gasteiger partial charge in [-0.25, -0.2) is 4.79 Å². The topological polar surface area (TPSA) is 75.8 Å². The highest BCUT2D eigenvalue weighted by Crippen LogP contribution is 2.08. The first-order valence-corrected chi connectivity index (χ1v) is 7.91. The van der Waals surface area contributed by atoms with Gasteiger partial charge >= 0.3 is 6.03 Å². The lowest BCUT2D eigenvalue weighted by Crippen LogP contribution is -3.09. The number of benzene rings is 1. The Labute approximate surface area is 141 Å². The summed E-state index contributed by atoms with van der Waals surface area (Å²) in [4.78, 5) is 24.6. The van der Waals surface area contributed by atoms with Gasteiger partial charge in [0.05, 0.1) is 19.9 Å². The number of imide groups is 1. The van der Waals surface area contributed by atoms with Crippen LogP contribution in [0.3, 0.4) is 0 Å². The van der Waals surface area contributed by atoms with Gasteiger partial charge in [0.2, 0.25) is 0 Å². The maximum absolute atomic E-state index is 11.9. The molecule has 0 spiro atoms. The van der Waals surface area contributed by atoms with Gasteiger partial charge < -0.3 is 14.6 Å². The molecule has 2 aromatic rings. The van der Waals surface area contributed by atoms with E-state index in [1.807, 2.05) is 7.05 Å². The number of amides is 3. The lowest BCUT2D eigenvalue weighted by Gasteiger charge is -2.15. The van der Waals surface area contributed by atoms with Crippen LogP contribution in [0.25, 0.3) is 0 Å². The zero-order valence-electron chi connectivity index (χ0n) is 14.3. The fraction of sp³-hybridized carbons (Fsp3) is 0.333. The van der Waals surface area contributed by atoms with Gasteiger partial charge in [0.15, 0.2) is 6.54 Å². The van der Waals surface area contributed by atoms with Crippen molar-refractivity contribution in [3.05, 3.63) is 59.0 Å². The van der Waals surface area contributed by atoms with E-state index in [1.54, 1.807) is 12.1 Å². The van der Waals surface area contributed by atoms with Crippen molar-refractivity contribution >= 4 is 11.9 Å². The summed E-state index contributed by atoms with van der Waals surface area (Å²) in [7, 11) is 1.93. The molecule has 2 rings (SSSR count). The first-order chi connectivity index (χ1) is 11.4. The van der Waals surface area contributed by atoms with Crippen molar-refractivity contribution < 1.29 is 18.9 Å². The van der Waals surface area contributed by atoms with Crippen molar-refractivity contribution in [3.8, 4) is 0 Å². The second-order valence-electron chi connectivity index (χ2n) is 6.05. The van der Waals surface area contributed by atoms with Crippen LogP contribution in [-0.2, 0) is 17.9 Å². The number of nitrogens with one attached hydrogen (secondary N) is 3. The second kappa shape index (κ2) is 8.31. The molecule has 3 N–H and O–H groups in total. The average molecular weight is 330 g/mol. The van der Waals surface area contributed by atoms with E-state index in [9.17, 15) is 9.59 Å². The summed E-state index contributed by atoms with van der Waals surface area (Å²) in [5.74, 6) is 0.324. The Morgan fingerprint density at radius 3 is 2.67 bits per heavy atom. The Balaban J connectivity index is 1.75. The Morgan fingerprint density at radius 1 is 1.21 bits per heavy atom. The quantitative estimate of drug-likeness (QED) is 0.738. The standard InChI is InChI=1S/C18H23N3O3/c1-13-6-7-15(14(2)9-13)11-21(3)12-17(22)20-18(23)19-10-16-5-4-8-24-16/h4-9H,10-12H2,1-3H3,(H2,19,20,22,23)/p+1. The highest BCUT2D eigenvalue weighted by molar-refractivity contribution is 5.94. The molecule has 0 aliphatic carbocycles. The van der Waals surface area contributed by atoms with Crippen LogP contribution >= 0.6 is 0 Å². The molecule has 6 nitrogen and oxygen atoms in total. The predicted octanol–water partition coefficient (Wildman–Crippen LogP) is 0.937. The lowest BCUT2D eigenvalue weighted by atomic mass is 10.1. The van der Waals surface area contributed by atoms with Crippen molar-refractivity contribution in [1.82, 2.24) is 10.6 Å². The summed E-state index contributed by atoms with van der Waals surface area (Å²) in [5, 5.41) is 4.91. The number of rotatable bonds is 6. The lowest BCUT2D eigenvalue weighted by molar-refractivity contribution is -0.885. The SMILES string of the molecule is Cc1ccc(C[NH+](C)CC(=O)NC(=O)NCc2ccco2)c(C)c1. The Hall–Kier alpha value is -2.60. The van der Waals surface area contributed by atoms with Crippen molar-refractivity contribution in [2.45, 2.75) is 26.9 Å². The molecule has 0 radical (unpaired) electrons. The predicted molar refractivity (Wildman–Crippen MR) is 90.5 cm³/mol. The molecule has 0 aliphatic heterocycles. The molecule has 0 aliphatic rings. The van der Waals surface area contributed by atoms with Crippen molar-refractivity contribution in [2.24, 2.45) is 0 Å². The largest absolute Gasteiger partial charge is 0.467 e. The van der Waals surface area contributed by atoms with Gasteiger partial charge in [-0.15, -0.1) is 0 Å². The molecule has 128 valence electrons. The van der Waals surface area contributed by atoms with Crippen LogP contribution in [0.4, 0.5) is 4.79 Å². The molecular weight excluding hydrogens is 306 g/mol. The van der Waals surface area contributed by atoms with Crippen LogP contribution in [-0.4, -0.2) is 25.5 Å². The third-order valence-corrected chi connectivity index (χ3v) is 3.71. The molecule has 6 heteroatoms. The van der Waals surface area contributed by atoms with Gasteiger partial charge in [-0.1, -0.05) is 23.8 Å². The first-order valence-electron chi connectivity index (χ1n) is 7.91. The zero-order chi connectivity index (χ0) is 17.5. The third kappa shape index (κ3) is 5.55. The number of hydrogen-bond acceptors (Lipinski definition) is 3. The normalized spacial score (nSPS) is 11.8. The summed E-state index contributed by atoms with van der Waals surface area (Å²) >= 11 is 0. The Kier molecular flexibility index (Phi) is 6.14. The van der Waals surface area contributed by atoms with Crippen molar-refractivity contribution in [3.63, 3.8) is 0 Å². The highest BCUT2D eigenvalue weighted by Gasteiger charge is 2.14. The molecule has 0 fully saturated rings. The number of aryl methyl sites for hydroxylation is 2. The van der Waals surface area contributed by atoms with Crippen LogP contribution in [0.1, 0.15) is 22.5 Å². The molecule has 0 bridgehead atoms. The smallest absolute Gasteiger partial charge is 0.321 e. The molecule has 1 aromatic carbocycles. The number of carbonyl (C=O) groups excluding carboxylic acids is 2. The van der Waals surface area contributed by atoms with Crippen LogP contribution in [0.5, 0.6) is 0 Å². The van der Waals surface area contributed by atoms with Gasteiger partial charge in [-0.2, -0.15) is 0 Å². The number of quaternary nitrogens is 1. The fourth-order valence-corrected chi connectivity index (χ4v) is 2.50. The zero-order valence-corrected chi connectivity index (χ0v) is 14.3. The minimum Gasteiger partial charge on any atom is -0.467 e. The summed E-state index contributed by atoms with van der Waals surface area (Å²) in [6, 6.07) is 9.26. The second-order valence-corrected chi connectivity index (χ2v) is 6.05. The molecule has 1 heterocycles. The van der Waals surface area contributed by atoms with E-state index in [0.717, 1.165) is 11.4 Å². The maximum Gasteiger partial charge on any atom is 0.321 e. The van der Waals surface area contributed by atoms with Crippen molar-refractivity contribution in [1.29, 1.82) is 0 Å². The average Bonchev–Trinajstić information content (AvgIpc) is 3.01. The number of furan rings is 1. The molecule has 24 heavy (non-hydrogen) atoms. The molecule has 3 amide bonds. The monoisotopic (exact) mass is 330 g/mol. The van der Waals surface area contributed by atoms with Gasteiger partial charge in [0.1, 0.15) is 12.3 Å². The Bertz CT molecular complexity index is 696. The Morgan fingerprint density at radius 2 is 2.00 bits per heavy atom. The van der Waals surface area contributed by atoms with Gasteiger partial charge in [-0.05, 0) is 31.5 Å². The highest BCUT2D eigenvalue weighted by atomic mass is 16.3. The molecule has 0 saturated heterocycles. The summed E-state index contributed by atoms with van der Waals surface area (Å²) in [6.45, 7) is 5.33. The number of carbonyl (C=O) groups is 2. The summed E-state index contributed by atoms with van der Waals surface area (Å²) in [5.41, 5.74) is 3.64. The van der Waals surface area contributed by atoms with E-state index in [4.69, 9.17) is 4.42 Å². The molecule has 1 aromatic heterocycles. The first kappa shape index (κ1) is 17.7. The fourth-order valence-electron chi connectivity index (χ4n) is 2.50. The minimum atomic E-state index is -0.518. The maximum atomic E-state index is 11.9. The van der Waals surface area contributed by atoms with E-state index >= 15 is 0 Å².